The molecular weight excluding hydrogens is 270 g/mol. The van der Waals surface area contributed by atoms with E-state index in [0.717, 1.165) is 15.6 Å². The Kier molecular flexibility index (Phi) is 1.90. The first-order valence-corrected chi connectivity index (χ1v) is 4.77. The van der Waals surface area contributed by atoms with Crippen molar-refractivity contribution in [1.82, 2.24) is 0 Å². The maximum absolute atomic E-state index is 12.8. The molecule has 0 atom stereocenters. The zero-order valence-electron chi connectivity index (χ0n) is 6.23. The van der Waals surface area contributed by atoms with Crippen LogP contribution in [0.5, 0.6) is 0 Å². The molecule has 0 N–H and O–H groups in total. The van der Waals surface area contributed by atoms with Crippen molar-refractivity contribution < 1.29 is 9.18 Å². The van der Waals surface area contributed by atoms with Crippen molar-refractivity contribution in [2.75, 3.05) is 0 Å². The second kappa shape index (κ2) is 2.80. The molecule has 0 aromatic heterocycles. The summed E-state index contributed by atoms with van der Waals surface area (Å²) < 4.78 is 13.7. The van der Waals surface area contributed by atoms with Gasteiger partial charge in [-0.1, -0.05) is 0 Å². The highest BCUT2D eigenvalue weighted by Gasteiger charge is 2.22. The van der Waals surface area contributed by atoms with Crippen LogP contribution in [0.25, 0.3) is 0 Å². The molecule has 0 heterocycles. The fourth-order valence-electron chi connectivity index (χ4n) is 1.48. The molecule has 0 unspecified atom stereocenters. The van der Waals surface area contributed by atoms with Crippen LogP contribution in [0.2, 0.25) is 0 Å². The van der Waals surface area contributed by atoms with E-state index in [-0.39, 0.29) is 11.6 Å². The Bertz CT molecular complexity index is 360. The fraction of sp³-hybridized carbons (Fsp3) is 0.222. The minimum absolute atomic E-state index is 0.0717. The van der Waals surface area contributed by atoms with Crippen molar-refractivity contribution in [3.63, 3.8) is 0 Å². The Morgan fingerprint density at radius 1 is 1.33 bits per heavy atom. The van der Waals surface area contributed by atoms with Gasteiger partial charge in [0.05, 0.1) is 0 Å². The first kappa shape index (κ1) is 8.16. The van der Waals surface area contributed by atoms with Gasteiger partial charge in [0.15, 0.2) is 5.78 Å². The summed E-state index contributed by atoms with van der Waals surface area (Å²) in [6, 6.07) is 2.81. The molecule has 0 fully saturated rings. The average molecular weight is 276 g/mol. The van der Waals surface area contributed by atoms with E-state index in [1.54, 1.807) is 0 Å². The molecule has 1 aromatic carbocycles. The predicted octanol–water partition coefficient (Wildman–Crippen LogP) is 2.56. The largest absolute Gasteiger partial charge is 0.294 e. The smallest absolute Gasteiger partial charge is 0.163 e. The number of carbonyl (C=O) groups is 1. The van der Waals surface area contributed by atoms with Gasteiger partial charge in [-0.15, -0.1) is 0 Å². The quantitative estimate of drug-likeness (QED) is 0.665. The van der Waals surface area contributed by atoms with E-state index < -0.39 is 0 Å². The van der Waals surface area contributed by atoms with Crippen LogP contribution in [-0.4, -0.2) is 5.78 Å². The van der Waals surface area contributed by atoms with Crippen molar-refractivity contribution in [1.29, 1.82) is 0 Å². The molecule has 0 amide bonds. The van der Waals surface area contributed by atoms with Crippen LogP contribution in [0, 0.1) is 9.39 Å². The zero-order chi connectivity index (χ0) is 8.72. The van der Waals surface area contributed by atoms with Crippen LogP contribution in [0.1, 0.15) is 22.3 Å². The molecule has 3 heteroatoms. The second-order valence-corrected chi connectivity index (χ2v) is 4.00. The maximum Gasteiger partial charge on any atom is 0.163 e. The molecule has 0 bridgehead atoms. The van der Waals surface area contributed by atoms with Gasteiger partial charge in [0.1, 0.15) is 5.82 Å². The SMILES string of the molecule is O=C1CCc2c(I)cc(F)cc21. The summed E-state index contributed by atoms with van der Waals surface area (Å²) in [5.41, 5.74) is 1.60. The molecule has 2 rings (SSSR count). The first-order valence-electron chi connectivity index (χ1n) is 3.69. The normalized spacial score (nSPS) is 15.0. The lowest BCUT2D eigenvalue weighted by molar-refractivity contribution is 0.0994. The van der Waals surface area contributed by atoms with Crippen LogP contribution in [0.15, 0.2) is 12.1 Å². The molecule has 0 spiro atoms. The Morgan fingerprint density at radius 3 is 2.83 bits per heavy atom. The lowest BCUT2D eigenvalue weighted by atomic mass is 10.1. The number of benzene rings is 1. The third kappa shape index (κ3) is 1.16. The number of rotatable bonds is 0. The number of fused-ring (bicyclic) bond motifs is 1. The summed E-state index contributed by atoms with van der Waals surface area (Å²) in [6.45, 7) is 0. The van der Waals surface area contributed by atoms with Gasteiger partial charge in [-0.25, -0.2) is 4.39 Å². The van der Waals surface area contributed by atoms with Gasteiger partial charge in [0, 0.05) is 15.6 Å². The number of hydrogen-bond donors (Lipinski definition) is 0. The van der Waals surface area contributed by atoms with E-state index in [4.69, 9.17) is 0 Å². The van der Waals surface area contributed by atoms with Crippen molar-refractivity contribution in [2.45, 2.75) is 12.8 Å². The van der Waals surface area contributed by atoms with Crippen LogP contribution in [0.3, 0.4) is 0 Å². The molecular formula is C9H6FIO. The van der Waals surface area contributed by atoms with Gasteiger partial charge in [0.25, 0.3) is 0 Å². The van der Waals surface area contributed by atoms with Gasteiger partial charge in [-0.3, -0.25) is 4.79 Å². The predicted molar refractivity (Wildman–Crippen MR) is 51.8 cm³/mol. The van der Waals surface area contributed by atoms with Crippen molar-refractivity contribution in [3.05, 3.63) is 32.6 Å². The number of hydrogen-bond acceptors (Lipinski definition) is 1. The Hall–Kier alpha value is -0.450. The highest BCUT2D eigenvalue weighted by molar-refractivity contribution is 14.1. The summed E-state index contributed by atoms with van der Waals surface area (Å²) in [7, 11) is 0. The fourth-order valence-corrected chi connectivity index (χ4v) is 2.34. The van der Waals surface area contributed by atoms with E-state index in [1.165, 1.54) is 12.1 Å². The summed E-state index contributed by atoms with van der Waals surface area (Å²) in [5, 5.41) is 0. The molecule has 0 saturated carbocycles. The summed E-state index contributed by atoms with van der Waals surface area (Å²) >= 11 is 2.07. The first-order chi connectivity index (χ1) is 5.68. The maximum atomic E-state index is 12.8. The van der Waals surface area contributed by atoms with E-state index in [0.29, 0.717) is 12.0 Å². The van der Waals surface area contributed by atoms with Crippen LogP contribution >= 0.6 is 22.6 Å². The summed E-state index contributed by atoms with van der Waals surface area (Å²) in [5.74, 6) is -0.240. The summed E-state index contributed by atoms with van der Waals surface area (Å²) in [4.78, 5) is 11.2. The zero-order valence-corrected chi connectivity index (χ0v) is 8.39. The second-order valence-electron chi connectivity index (χ2n) is 2.84. The Morgan fingerprint density at radius 2 is 2.08 bits per heavy atom. The third-order valence-electron chi connectivity index (χ3n) is 2.06. The van der Waals surface area contributed by atoms with Crippen molar-refractivity contribution in [3.8, 4) is 0 Å². The van der Waals surface area contributed by atoms with Crippen LogP contribution in [-0.2, 0) is 6.42 Å². The third-order valence-corrected chi connectivity index (χ3v) is 3.03. The van der Waals surface area contributed by atoms with E-state index >= 15 is 0 Å². The lowest BCUT2D eigenvalue weighted by Gasteiger charge is -2.00. The Labute approximate surface area is 83.1 Å². The van der Waals surface area contributed by atoms with Crippen molar-refractivity contribution >= 4 is 28.4 Å². The molecule has 0 saturated heterocycles. The number of halogens is 2. The monoisotopic (exact) mass is 276 g/mol. The van der Waals surface area contributed by atoms with Gasteiger partial charge < -0.3 is 0 Å². The minimum atomic E-state index is -0.312. The van der Waals surface area contributed by atoms with E-state index in [2.05, 4.69) is 22.6 Å². The molecule has 1 nitrogen and oxygen atoms in total. The highest BCUT2D eigenvalue weighted by atomic mass is 127. The average Bonchev–Trinajstić information content (AvgIpc) is 2.33. The van der Waals surface area contributed by atoms with Crippen LogP contribution < -0.4 is 0 Å². The van der Waals surface area contributed by atoms with Gasteiger partial charge in [-0.2, -0.15) is 0 Å². The highest BCUT2D eigenvalue weighted by Crippen LogP contribution is 2.27. The molecule has 1 aromatic rings. The number of Topliss-reactive ketones (excluding diaryl/α,β-unsaturated/α-hetero) is 1. The molecule has 1 aliphatic carbocycles. The summed E-state index contributed by atoms with van der Waals surface area (Å²) in [6.07, 6.45) is 1.31. The lowest BCUT2D eigenvalue weighted by Crippen LogP contribution is -1.94. The van der Waals surface area contributed by atoms with E-state index in [1.807, 2.05) is 0 Å². The van der Waals surface area contributed by atoms with E-state index in [9.17, 15) is 9.18 Å². The Balaban J connectivity index is 2.68. The molecule has 1 aliphatic rings. The molecule has 0 aliphatic heterocycles. The molecule has 0 radical (unpaired) electrons. The minimum Gasteiger partial charge on any atom is -0.294 e. The van der Waals surface area contributed by atoms with Crippen molar-refractivity contribution in [2.24, 2.45) is 0 Å². The topological polar surface area (TPSA) is 17.1 Å². The molecule has 62 valence electrons. The molecule has 12 heavy (non-hydrogen) atoms. The van der Waals surface area contributed by atoms with Gasteiger partial charge in [0.2, 0.25) is 0 Å². The number of carbonyl (C=O) groups excluding carboxylic acids is 1. The van der Waals surface area contributed by atoms with Crippen LogP contribution in [0.4, 0.5) is 4.39 Å². The number of ketones is 1. The van der Waals surface area contributed by atoms with Gasteiger partial charge in [-0.05, 0) is 46.7 Å². The van der Waals surface area contributed by atoms with Gasteiger partial charge >= 0.3 is 0 Å². The standard InChI is InChI=1S/C9H6FIO/c10-5-3-7-6(8(11)4-5)1-2-9(7)12/h3-4H,1-2H2.